The molecule has 0 radical (unpaired) electrons. The molecule has 8 heteroatoms. The van der Waals surface area contributed by atoms with Gasteiger partial charge < -0.3 is 5.32 Å². The Morgan fingerprint density at radius 2 is 1.83 bits per heavy atom. The fourth-order valence-electron chi connectivity index (χ4n) is 2.02. The lowest BCUT2D eigenvalue weighted by atomic mass is 10.2. The van der Waals surface area contributed by atoms with Gasteiger partial charge in [-0.15, -0.1) is 0 Å². The summed E-state index contributed by atoms with van der Waals surface area (Å²) in [5, 5.41) is 14.1. The molecule has 0 bridgehead atoms. The summed E-state index contributed by atoms with van der Waals surface area (Å²) in [5.74, 6) is -0.137. The van der Waals surface area contributed by atoms with Crippen LogP contribution in [0.3, 0.4) is 0 Å². The van der Waals surface area contributed by atoms with Gasteiger partial charge in [-0.3, -0.25) is 14.9 Å². The summed E-state index contributed by atoms with van der Waals surface area (Å²) in [6.45, 7) is 7.41. The van der Waals surface area contributed by atoms with Crippen LogP contribution in [-0.4, -0.2) is 26.6 Å². The van der Waals surface area contributed by atoms with Gasteiger partial charge in [0.05, 0.1) is 10.7 Å². The smallest absolute Gasteiger partial charge is 0.274 e. The third kappa shape index (κ3) is 4.29. The van der Waals surface area contributed by atoms with Crippen LogP contribution in [0.2, 0.25) is 0 Å². The Bertz CT molecular complexity index is 785. The van der Waals surface area contributed by atoms with E-state index in [1.807, 2.05) is 20.8 Å². The van der Waals surface area contributed by atoms with Gasteiger partial charge in [0.25, 0.3) is 5.69 Å². The number of nitro groups is 1. The number of benzene rings is 1. The topological polar surface area (TPSA) is 98.0 Å². The van der Waals surface area contributed by atoms with Crippen molar-refractivity contribution in [2.75, 3.05) is 11.1 Å². The van der Waals surface area contributed by atoms with Gasteiger partial charge in [-0.25, -0.2) is 9.97 Å². The highest BCUT2D eigenvalue weighted by Gasteiger charge is 2.13. The molecule has 0 fully saturated rings. The lowest BCUT2D eigenvalue weighted by molar-refractivity contribution is -0.385. The van der Waals surface area contributed by atoms with Gasteiger partial charge >= 0.3 is 0 Å². The molecule has 1 N–H and O–H groups in total. The lowest BCUT2D eigenvalue weighted by Crippen LogP contribution is -2.14. The maximum absolute atomic E-state index is 12.0. The van der Waals surface area contributed by atoms with Gasteiger partial charge in [-0.05, 0) is 39.3 Å². The van der Waals surface area contributed by atoms with Crippen molar-refractivity contribution in [1.29, 1.82) is 0 Å². The van der Waals surface area contributed by atoms with Gasteiger partial charge in [0.15, 0.2) is 5.16 Å². The van der Waals surface area contributed by atoms with E-state index in [1.54, 1.807) is 19.1 Å². The number of nitrogens with zero attached hydrogens (tertiary/aromatic N) is 3. The summed E-state index contributed by atoms with van der Waals surface area (Å²) in [6.07, 6.45) is 0. The highest BCUT2D eigenvalue weighted by molar-refractivity contribution is 7.99. The predicted molar refractivity (Wildman–Crippen MR) is 93.4 cm³/mol. The lowest BCUT2D eigenvalue weighted by Gasteiger charge is -2.08. The van der Waals surface area contributed by atoms with Crippen molar-refractivity contribution >= 4 is 29.0 Å². The first kappa shape index (κ1) is 17.9. The van der Waals surface area contributed by atoms with Crippen LogP contribution in [0.4, 0.5) is 11.4 Å². The molecule has 24 heavy (non-hydrogen) atoms. The number of carbonyl (C=O) groups is 1. The number of anilines is 1. The van der Waals surface area contributed by atoms with Gasteiger partial charge in [-0.1, -0.05) is 17.8 Å². The van der Waals surface area contributed by atoms with E-state index in [4.69, 9.17) is 0 Å². The molecule has 1 amide bonds. The highest BCUT2D eigenvalue weighted by Crippen LogP contribution is 2.23. The van der Waals surface area contributed by atoms with Crippen LogP contribution < -0.4 is 5.32 Å². The van der Waals surface area contributed by atoms with E-state index < -0.39 is 4.92 Å². The van der Waals surface area contributed by atoms with Crippen molar-refractivity contribution in [3.63, 3.8) is 0 Å². The van der Waals surface area contributed by atoms with E-state index in [2.05, 4.69) is 15.3 Å². The Morgan fingerprint density at radius 1 is 1.21 bits per heavy atom. The maximum atomic E-state index is 12.0. The zero-order valence-corrected chi connectivity index (χ0v) is 14.7. The summed E-state index contributed by atoms with van der Waals surface area (Å²) in [5.41, 5.74) is 3.74. The van der Waals surface area contributed by atoms with Crippen LogP contribution in [0, 0.1) is 37.8 Å². The summed E-state index contributed by atoms with van der Waals surface area (Å²) >= 11 is 1.23. The minimum absolute atomic E-state index is 0.0198. The van der Waals surface area contributed by atoms with Crippen LogP contribution in [0.25, 0.3) is 0 Å². The van der Waals surface area contributed by atoms with E-state index in [-0.39, 0.29) is 17.3 Å². The molecular formula is C16H18N4O3S. The van der Waals surface area contributed by atoms with Crippen molar-refractivity contribution in [3.8, 4) is 0 Å². The quantitative estimate of drug-likeness (QED) is 0.386. The molecule has 0 aliphatic heterocycles. The average Bonchev–Trinajstić information content (AvgIpc) is 2.52. The normalized spacial score (nSPS) is 10.5. The summed E-state index contributed by atoms with van der Waals surface area (Å²) < 4.78 is 0. The second kappa shape index (κ2) is 7.39. The molecule has 0 saturated heterocycles. The van der Waals surface area contributed by atoms with E-state index in [0.717, 1.165) is 17.0 Å². The van der Waals surface area contributed by atoms with Crippen LogP contribution in [-0.2, 0) is 4.79 Å². The summed E-state index contributed by atoms with van der Waals surface area (Å²) in [7, 11) is 0. The Hall–Kier alpha value is -2.48. The second-order valence-electron chi connectivity index (χ2n) is 5.40. The number of nitrogens with one attached hydrogen (secondary N) is 1. The van der Waals surface area contributed by atoms with Gasteiger partial charge in [0, 0.05) is 28.7 Å². The Balaban J connectivity index is 2.01. The molecule has 2 rings (SSSR count). The number of rotatable bonds is 5. The number of aromatic nitrogens is 2. The maximum Gasteiger partial charge on any atom is 0.274 e. The molecule has 0 saturated carbocycles. The SMILES string of the molecule is Cc1ccc(NC(=O)CSc2nc(C)c(C)c(C)n2)cc1[N+](=O)[O-]. The minimum Gasteiger partial charge on any atom is -0.325 e. The van der Waals surface area contributed by atoms with Crippen LogP contribution in [0.5, 0.6) is 0 Å². The first-order valence-electron chi connectivity index (χ1n) is 7.27. The third-order valence-electron chi connectivity index (χ3n) is 3.63. The van der Waals surface area contributed by atoms with E-state index in [9.17, 15) is 14.9 Å². The van der Waals surface area contributed by atoms with Crippen molar-refractivity contribution in [1.82, 2.24) is 9.97 Å². The van der Waals surface area contributed by atoms with Crippen LogP contribution in [0.15, 0.2) is 23.4 Å². The zero-order valence-electron chi connectivity index (χ0n) is 13.9. The average molecular weight is 346 g/mol. The van der Waals surface area contributed by atoms with Crippen LogP contribution >= 0.6 is 11.8 Å². The number of nitro benzene ring substituents is 1. The van der Waals surface area contributed by atoms with E-state index in [0.29, 0.717) is 16.4 Å². The van der Waals surface area contributed by atoms with Gasteiger partial charge in [-0.2, -0.15) is 0 Å². The first-order valence-corrected chi connectivity index (χ1v) is 8.26. The molecule has 1 aromatic carbocycles. The van der Waals surface area contributed by atoms with E-state index in [1.165, 1.54) is 17.8 Å². The third-order valence-corrected chi connectivity index (χ3v) is 4.48. The number of amides is 1. The van der Waals surface area contributed by atoms with Crippen LogP contribution in [0.1, 0.15) is 22.5 Å². The fraction of sp³-hybridized carbons (Fsp3) is 0.312. The molecule has 2 aromatic rings. The van der Waals surface area contributed by atoms with Gasteiger partial charge in [0.2, 0.25) is 5.91 Å². The molecule has 0 atom stereocenters. The van der Waals surface area contributed by atoms with Gasteiger partial charge in [0.1, 0.15) is 0 Å². The molecule has 0 aliphatic rings. The fourth-order valence-corrected chi connectivity index (χ4v) is 2.75. The first-order chi connectivity index (χ1) is 11.3. The standard InChI is InChI=1S/C16H18N4O3S/c1-9-5-6-13(7-14(9)20(22)23)19-15(21)8-24-16-17-11(3)10(2)12(4)18-16/h5-7H,8H2,1-4H3,(H,19,21). The number of carbonyl (C=O) groups excluding carboxylic acids is 1. The monoisotopic (exact) mass is 346 g/mol. The molecule has 1 heterocycles. The zero-order chi connectivity index (χ0) is 17.9. The minimum atomic E-state index is -0.467. The highest BCUT2D eigenvalue weighted by atomic mass is 32.2. The Morgan fingerprint density at radius 3 is 2.42 bits per heavy atom. The molecule has 7 nitrogen and oxygen atoms in total. The van der Waals surface area contributed by atoms with Crippen molar-refractivity contribution in [3.05, 3.63) is 50.8 Å². The van der Waals surface area contributed by atoms with Crippen molar-refractivity contribution < 1.29 is 9.72 Å². The Kier molecular flexibility index (Phi) is 5.50. The molecular weight excluding hydrogens is 328 g/mol. The largest absolute Gasteiger partial charge is 0.325 e. The van der Waals surface area contributed by atoms with Crippen molar-refractivity contribution in [2.45, 2.75) is 32.9 Å². The summed E-state index contributed by atoms with van der Waals surface area (Å²) in [6, 6.07) is 4.60. The van der Waals surface area contributed by atoms with Crippen molar-refractivity contribution in [2.24, 2.45) is 0 Å². The second-order valence-corrected chi connectivity index (χ2v) is 6.34. The molecule has 0 spiro atoms. The molecule has 1 aromatic heterocycles. The number of thioether (sulfide) groups is 1. The predicted octanol–water partition coefficient (Wildman–Crippen LogP) is 3.35. The summed E-state index contributed by atoms with van der Waals surface area (Å²) in [4.78, 5) is 31.2. The van der Waals surface area contributed by atoms with E-state index >= 15 is 0 Å². The number of hydrogen-bond acceptors (Lipinski definition) is 6. The molecule has 126 valence electrons. The molecule has 0 aliphatic carbocycles. The molecule has 0 unspecified atom stereocenters. The Labute approximate surface area is 144 Å². The number of aryl methyl sites for hydroxylation is 3. The number of hydrogen-bond donors (Lipinski definition) is 1.